The fraction of sp³-hybridized carbons (Fsp3) is 0.231. The fourth-order valence-corrected chi connectivity index (χ4v) is 1.90. The predicted molar refractivity (Wildman–Crippen MR) is 69.8 cm³/mol. The summed E-state index contributed by atoms with van der Waals surface area (Å²) < 4.78 is 2.90. The van der Waals surface area contributed by atoms with Gasteiger partial charge in [0.05, 0.1) is 6.42 Å². The van der Waals surface area contributed by atoms with Crippen molar-refractivity contribution in [3.63, 3.8) is 0 Å². The molecule has 17 heavy (non-hydrogen) atoms. The van der Waals surface area contributed by atoms with Crippen molar-refractivity contribution in [3.8, 4) is 0 Å². The van der Waals surface area contributed by atoms with Gasteiger partial charge in [-0.05, 0) is 17.7 Å². The van der Waals surface area contributed by atoms with E-state index >= 15 is 0 Å². The van der Waals surface area contributed by atoms with Gasteiger partial charge >= 0.3 is 0 Å². The molecule has 0 radical (unpaired) electrons. The van der Waals surface area contributed by atoms with Crippen molar-refractivity contribution in [1.29, 1.82) is 0 Å². The molecular weight excluding hydrogens is 280 g/mol. The summed E-state index contributed by atoms with van der Waals surface area (Å²) in [5.74, 6) is 0.994. The predicted octanol–water partition coefficient (Wildman–Crippen LogP) is 2.54. The third kappa shape index (κ3) is 3.27. The van der Waals surface area contributed by atoms with E-state index in [0.717, 1.165) is 15.9 Å². The molecule has 0 N–H and O–H groups in total. The fourth-order valence-electron chi connectivity index (χ4n) is 1.64. The van der Waals surface area contributed by atoms with E-state index < -0.39 is 0 Å². The molecule has 0 saturated carbocycles. The first-order valence-electron chi connectivity index (χ1n) is 5.37. The van der Waals surface area contributed by atoms with Gasteiger partial charge in [0, 0.05) is 30.3 Å². The highest BCUT2D eigenvalue weighted by atomic mass is 79.9. The number of aromatic nitrogens is 2. The lowest BCUT2D eigenvalue weighted by molar-refractivity contribution is -0.117. The Bertz CT molecular complexity index is 516. The zero-order valence-electron chi connectivity index (χ0n) is 9.56. The molecule has 88 valence electrons. The second-order valence-corrected chi connectivity index (χ2v) is 4.89. The quantitative estimate of drug-likeness (QED) is 0.868. The van der Waals surface area contributed by atoms with Crippen LogP contribution in [0.2, 0.25) is 0 Å². The monoisotopic (exact) mass is 292 g/mol. The lowest BCUT2D eigenvalue weighted by Crippen LogP contribution is -2.10. The first-order chi connectivity index (χ1) is 8.15. The molecule has 0 aliphatic heterocycles. The summed E-state index contributed by atoms with van der Waals surface area (Å²) in [4.78, 5) is 16.0. The van der Waals surface area contributed by atoms with Crippen molar-refractivity contribution in [1.82, 2.24) is 9.55 Å². The van der Waals surface area contributed by atoms with E-state index in [-0.39, 0.29) is 5.78 Å². The summed E-state index contributed by atoms with van der Waals surface area (Å²) in [7, 11) is 1.90. The van der Waals surface area contributed by atoms with Crippen molar-refractivity contribution >= 4 is 21.7 Å². The molecule has 0 saturated heterocycles. The molecule has 1 aromatic heterocycles. The van der Waals surface area contributed by atoms with Crippen LogP contribution in [0.1, 0.15) is 11.4 Å². The molecule has 1 heterocycles. The van der Waals surface area contributed by atoms with Crippen molar-refractivity contribution in [3.05, 3.63) is 52.5 Å². The van der Waals surface area contributed by atoms with Gasteiger partial charge in [-0.15, -0.1) is 0 Å². The molecule has 1 aromatic carbocycles. The van der Waals surface area contributed by atoms with Gasteiger partial charge in [-0.2, -0.15) is 0 Å². The van der Waals surface area contributed by atoms with Gasteiger partial charge in [-0.25, -0.2) is 4.98 Å². The van der Waals surface area contributed by atoms with Gasteiger partial charge in [0.1, 0.15) is 11.6 Å². The number of imidazole rings is 1. The zero-order chi connectivity index (χ0) is 12.3. The average molecular weight is 293 g/mol. The molecule has 0 bridgehead atoms. The van der Waals surface area contributed by atoms with E-state index in [1.54, 1.807) is 6.20 Å². The van der Waals surface area contributed by atoms with Gasteiger partial charge in [-0.3, -0.25) is 4.79 Å². The van der Waals surface area contributed by atoms with Crippen LogP contribution in [0.4, 0.5) is 0 Å². The minimum absolute atomic E-state index is 0.182. The summed E-state index contributed by atoms with van der Waals surface area (Å²) in [5, 5.41) is 0. The van der Waals surface area contributed by atoms with E-state index in [0.29, 0.717) is 12.8 Å². The number of carbonyl (C=O) groups is 1. The van der Waals surface area contributed by atoms with E-state index in [1.165, 1.54) is 0 Å². The van der Waals surface area contributed by atoms with Gasteiger partial charge in [0.25, 0.3) is 0 Å². The number of aryl methyl sites for hydroxylation is 1. The first kappa shape index (κ1) is 12.0. The molecule has 2 rings (SSSR count). The molecule has 4 heteroatoms. The number of benzene rings is 1. The maximum absolute atomic E-state index is 11.9. The number of carbonyl (C=O) groups excluding carboxylic acids is 1. The van der Waals surface area contributed by atoms with Crippen LogP contribution in [0.5, 0.6) is 0 Å². The number of hydrogen-bond acceptors (Lipinski definition) is 2. The Balaban J connectivity index is 1.98. The van der Waals surface area contributed by atoms with Gasteiger partial charge in [-0.1, -0.05) is 28.1 Å². The van der Waals surface area contributed by atoms with E-state index in [9.17, 15) is 4.79 Å². The van der Waals surface area contributed by atoms with E-state index in [2.05, 4.69) is 20.9 Å². The summed E-state index contributed by atoms with van der Waals surface area (Å²) in [6.07, 6.45) is 4.41. The summed E-state index contributed by atoms with van der Waals surface area (Å²) in [6.45, 7) is 0. The molecule has 0 amide bonds. The number of nitrogens with zero attached hydrogens (tertiary/aromatic N) is 2. The van der Waals surface area contributed by atoms with Crippen LogP contribution >= 0.6 is 15.9 Å². The Morgan fingerprint density at radius 1 is 1.29 bits per heavy atom. The van der Waals surface area contributed by atoms with Crippen molar-refractivity contribution in [2.45, 2.75) is 12.8 Å². The molecule has 0 aliphatic rings. The van der Waals surface area contributed by atoms with Crippen LogP contribution in [0, 0.1) is 0 Å². The third-order valence-corrected chi connectivity index (χ3v) is 3.12. The lowest BCUT2D eigenvalue weighted by Gasteiger charge is -2.02. The van der Waals surface area contributed by atoms with Gasteiger partial charge in [0.15, 0.2) is 0 Å². The first-order valence-corrected chi connectivity index (χ1v) is 6.17. The minimum atomic E-state index is 0.182. The van der Waals surface area contributed by atoms with Crippen molar-refractivity contribution in [2.75, 3.05) is 0 Å². The lowest BCUT2D eigenvalue weighted by atomic mass is 10.1. The molecule has 0 atom stereocenters. The molecule has 0 fully saturated rings. The second kappa shape index (κ2) is 5.27. The SMILES string of the molecule is Cn1ccnc1CC(=O)Cc1ccc(Br)cc1. The third-order valence-electron chi connectivity index (χ3n) is 2.59. The Hall–Kier alpha value is -1.42. The smallest absolute Gasteiger partial charge is 0.144 e. The highest BCUT2D eigenvalue weighted by Gasteiger charge is 2.08. The van der Waals surface area contributed by atoms with Crippen molar-refractivity contribution in [2.24, 2.45) is 7.05 Å². The molecule has 3 nitrogen and oxygen atoms in total. The topological polar surface area (TPSA) is 34.9 Å². The minimum Gasteiger partial charge on any atom is -0.338 e. The molecule has 0 spiro atoms. The molecule has 0 unspecified atom stereocenters. The summed E-state index contributed by atoms with van der Waals surface area (Å²) in [6, 6.07) is 7.81. The normalized spacial score (nSPS) is 10.5. The molecule has 2 aromatic rings. The molecule has 0 aliphatic carbocycles. The number of Topliss-reactive ketones (excluding diaryl/α,β-unsaturated/α-hetero) is 1. The van der Waals surface area contributed by atoms with Crippen LogP contribution in [0.3, 0.4) is 0 Å². The number of halogens is 1. The summed E-state index contributed by atoms with van der Waals surface area (Å²) in [5.41, 5.74) is 1.03. The zero-order valence-corrected chi connectivity index (χ0v) is 11.1. The summed E-state index contributed by atoms with van der Waals surface area (Å²) >= 11 is 3.37. The Morgan fingerprint density at radius 3 is 2.59 bits per heavy atom. The highest BCUT2D eigenvalue weighted by Crippen LogP contribution is 2.11. The van der Waals surface area contributed by atoms with E-state index in [1.807, 2.05) is 42.1 Å². The maximum atomic E-state index is 11.9. The van der Waals surface area contributed by atoms with Crippen LogP contribution in [-0.2, 0) is 24.7 Å². The van der Waals surface area contributed by atoms with Gasteiger partial charge in [0.2, 0.25) is 0 Å². The highest BCUT2D eigenvalue weighted by molar-refractivity contribution is 9.10. The average Bonchev–Trinajstić information content (AvgIpc) is 2.68. The van der Waals surface area contributed by atoms with Crippen molar-refractivity contribution < 1.29 is 4.79 Å². The Morgan fingerprint density at radius 2 is 2.00 bits per heavy atom. The molecular formula is C13H13BrN2O. The Kier molecular flexibility index (Phi) is 3.74. The standard InChI is InChI=1S/C13H13BrN2O/c1-16-7-6-15-13(16)9-12(17)8-10-2-4-11(14)5-3-10/h2-7H,8-9H2,1H3. The van der Waals surface area contributed by atoms with Gasteiger partial charge < -0.3 is 4.57 Å². The number of hydrogen-bond donors (Lipinski definition) is 0. The van der Waals surface area contributed by atoms with E-state index in [4.69, 9.17) is 0 Å². The number of ketones is 1. The van der Waals surface area contributed by atoms with Crippen LogP contribution in [-0.4, -0.2) is 15.3 Å². The van der Waals surface area contributed by atoms with Crippen LogP contribution < -0.4 is 0 Å². The van der Waals surface area contributed by atoms with Crippen LogP contribution in [0.15, 0.2) is 41.1 Å². The second-order valence-electron chi connectivity index (χ2n) is 3.97. The number of rotatable bonds is 4. The Labute approximate surface area is 109 Å². The maximum Gasteiger partial charge on any atom is 0.144 e. The van der Waals surface area contributed by atoms with Crippen LogP contribution in [0.25, 0.3) is 0 Å². The largest absolute Gasteiger partial charge is 0.338 e.